The Labute approximate surface area is 218 Å². The van der Waals surface area contributed by atoms with Gasteiger partial charge in [0.2, 0.25) is 5.91 Å². The van der Waals surface area contributed by atoms with Gasteiger partial charge in [-0.3, -0.25) is 14.4 Å². The summed E-state index contributed by atoms with van der Waals surface area (Å²) in [6.07, 6.45) is 11.1. The number of fused-ring (bicyclic) bond motifs is 2. The Hall–Kier alpha value is -3.71. The Morgan fingerprint density at radius 1 is 0.730 bits per heavy atom. The topological polar surface area (TPSA) is 90.5 Å². The zero-order valence-corrected chi connectivity index (χ0v) is 21.3. The van der Waals surface area contributed by atoms with Crippen LogP contribution in [0.2, 0.25) is 0 Å². The molecule has 4 aliphatic heterocycles. The Morgan fingerprint density at radius 3 is 1.68 bits per heavy atom. The molecular weight excluding hydrogens is 464 g/mol. The number of hydrogen-bond acceptors (Lipinski definition) is 6. The zero-order valence-electron chi connectivity index (χ0n) is 21.3. The Balaban J connectivity index is 0.000000153. The van der Waals surface area contributed by atoms with Gasteiger partial charge >= 0.3 is 0 Å². The number of piperidine rings is 2. The summed E-state index contributed by atoms with van der Waals surface area (Å²) in [5.74, 6) is 0.261. The number of ketones is 2. The average Bonchev–Trinajstić information content (AvgIpc) is 3.14. The third-order valence-electron chi connectivity index (χ3n) is 7.86. The lowest BCUT2D eigenvalue weighted by molar-refractivity contribution is -0.130. The van der Waals surface area contributed by atoms with Crippen LogP contribution in [0.3, 0.4) is 0 Å². The molecule has 2 saturated heterocycles. The highest BCUT2D eigenvalue weighted by Gasteiger charge is 2.35. The lowest BCUT2D eigenvalue weighted by Gasteiger charge is -2.40. The number of allylic oxidation sites excluding steroid dienone is 2. The summed E-state index contributed by atoms with van der Waals surface area (Å²) in [5.41, 5.74) is 3.08. The van der Waals surface area contributed by atoms with Crippen LogP contribution in [0.5, 0.6) is 0 Å². The van der Waals surface area contributed by atoms with Crippen molar-refractivity contribution in [2.45, 2.75) is 43.7 Å². The molecular formula is C30H34N4O3. The van der Waals surface area contributed by atoms with Gasteiger partial charge in [-0.05, 0) is 75.2 Å². The molecule has 6 rings (SSSR count). The number of nitrogens with zero attached hydrogens (tertiary/aromatic N) is 1. The minimum Gasteiger partial charge on any atom is -0.375 e. The molecule has 0 bridgehead atoms. The monoisotopic (exact) mass is 498 g/mol. The normalized spacial score (nSPS) is 20.9. The van der Waals surface area contributed by atoms with Gasteiger partial charge in [0.25, 0.3) is 0 Å². The molecule has 0 saturated carbocycles. The van der Waals surface area contributed by atoms with Crippen LogP contribution in [-0.2, 0) is 4.79 Å². The Kier molecular flexibility index (Phi) is 6.98. The largest absolute Gasteiger partial charge is 0.375 e. The Morgan fingerprint density at radius 2 is 1.19 bits per heavy atom. The van der Waals surface area contributed by atoms with Crippen molar-refractivity contribution in [2.75, 3.05) is 36.8 Å². The molecule has 192 valence electrons. The number of para-hydroxylation sites is 2. The van der Waals surface area contributed by atoms with Crippen molar-refractivity contribution in [3.05, 3.63) is 84.0 Å². The summed E-state index contributed by atoms with van der Waals surface area (Å²) in [6.45, 7) is 5.04. The number of likely N-dealkylation sites (tertiary alicyclic amines) is 1. The molecule has 2 spiro atoms. The molecule has 0 radical (unpaired) electrons. The quantitative estimate of drug-likeness (QED) is 0.504. The van der Waals surface area contributed by atoms with Gasteiger partial charge in [-0.2, -0.15) is 0 Å². The molecule has 2 fully saturated rings. The third-order valence-corrected chi connectivity index (χ3v) is 7.86. The van der Waals surface area contributed by atoms with E-state index in [0.29, 0.717) is 0 Å². The molecule has 37 heavy (non-hydrogen) atoms. The lowest BCUT2D eigenvalue weighted by atomic mass is 9.87. The molecule has 0 aromatic heterocycles. The van der Waals surface area contributed by atoms with Crippen molar-refractivity contribution in [1.29, 1.82) is 0 Å². The molecule has 4 aliphatic rings. The summed E-state index contributed by atoms with van der Waals surface area (Å²) in [5, 5.41) is 10.4. The number of anilines is 2. The molecule has 0 aliphatic carbocycles. The molecule has 4 heterocycles. The van der Waals surface area contributed by atoms with Crippen molar-refractivity contribution in [3.63, 3.8) is 0 Å². The van der Waals surface area contributed by atoms with Crippen LogP contribution in [0.25, 0.3) is 0 Å². The first-order valence-corrected chi connectivity index (χ1v) is 13.1. The lowest BCUT2D eigenvalue weighted by Crippen LogP contribution is -2.49. The molecule has 7 heteroatoms. The predicted molar refractivity (Wildman–Crippen MR) is 146 cm³/mol. The summed E-state index contributed by atoms with van der Waals surface area (Å²) < 4.78 is 0. The van der Waals surface area contributed by atoms with Gasteiger partial charge in [-0.1, -0.05) is 36.4 Å². The number of rotatable bonds is 0. The maximum atomic E-state index is 12.1. The van der Waals surface area contributed by atoms with Crippen molar-refractivity contribution in [1.82, 2.24) is 10.2 Å². The number of carbonyl (C=O) groups excluding carboxylic acids is 3. The predicted octanol–water partition coefficient (Wildman–Crippen LogP) is 4.21. The first-order chi connectivity index (χ1) is 17.9. The molecule has 7 nitrogen and oxygen atoms in total. The van der Waals surface area contributed by atoms with E-state index in [2.05, 4.69) is 22.0 Å². The number of benzene rings is 2. The van der Waals surface area contributed by atoms with Gasteiger partial charge < -0.3 is 20.9 Å². The third kappa shape index (κ3) is 5.37. The number of hydrogen-bond donors (Lipinski definition) is 3. The number of carbonyl (C=O) groups is 3. The fourth-order valence-corrected chi connectivity index (χ4v) is 5.56. The summed E-state index contributed by atoms with van der Waals surface area (Å²) in [4.78, 5) is 37.4. The minimum absolute atomic E-state index is 0.0407. The average molecular weight is 499 g/mol. The van der Waals surface area contributed by atoms with Crippen LogP contribution in [-0.4, -0.2) is 59.6 Å². The highest BCUT2D eigenvalue weighted by molar-refractivity contribution is 6.10. The molecule has 2 aromatic rings. The minimum atomic E-state index is -0.214. The first kappa shape index (κ1) is 25.0. The first-order valence-electron chi connectivity index (χ1n) is 13.1. The molecule has 0 unspecified atom stereocenters. The summed E-state index contributed by atoms with van der Waals surface area (Å²) in [6, 6.07) is 15.4. The van der Waals surface area contributed by atoms with E-state index in [9.17, 15) is 14.4 Å². The molecule has 3 N–H and O–H groups in total. The van der Waals surface area contributed by atoms with Crippen LogP contribution in [0.1, 0.15) is 53.3 Å². The van der Waals surface area contributed by atoms with Crippen LogP contribution in [0.4, 0.5) is 11.4 Å². The van der Waals surface area contributed by atoms with Gasteiger partial charge in [0.05, 0.1) is 11.1 Å². The maximum Gasteiger partial charge on any atom is 0.219 e. The highest BCUT2D eigenvalue weighted by Crippen LogP contribution is 2.33. The van der Waals surface area contributed by atoms with Crippen molar-refractivity contribution >= 4 is 28.8 Å². The molecule has 2 aromatic carbocycles. The van der Waals surface area contributed by atoms with E-state index in [4.69, 9.17) is 0 Å². The highest BCUT2D eigenvalue weighted by atomic mass is 16.2. The van der Waals surface area contributed by atoms with Gasteiger partial charge in [-0.15, -0.1) is 0 Å². The van der Waals surface area contributed by atoms with E-state index in [0.717, 1.165) is 74.4 Å². The van der Waals surface area contributed by atoms with Gasteiger partial charge in [0.15, 0.2) is 11.6 Å². The van der Waals surface area contributed by atoms with E-state index in [1.54, 1.807) is 19.1 Å². The number of nitrogens with one attached hydrogen (secondary N) is 3. The van der Waals surface area contributed by atoms with Gasteiger partial charge in [0.1, 0.15) is 0 Å². The van der Waals surface area contributed by atoms with Crippen molar-refractivity contribution in [3.8, 4) is 0 Å². The van der Waals surface area contributed by atoms with E-state index >= 15 is 0 Å². The fourth-order valence-electron chi connectivity index (χ4n) is 5.56. The van der Waals surface area contributed by atoms with Gasteiger partial charge in [-0.25, -0.2) is 0 Å². The van der Waals surface area contributed by atoms with E-state index in [-0.39, 0.29) is 28.6 Å². The second kappa shape index (κ2) is 10.3. The van der Waals surface area contributed by atoms with E-state index < -0.39 is 0 Å². The molecule has 1 amide bonds. The van der Waals surface area contributed by atoms with Crippen LogP contribution >= 0.6 is 0 Å². The maximum absolute atomic E-state index is 12.1. The van der Waals surface area contributed by atoms with Crippen LogP contribution in [0.15, 0.2) is 72.8 Å². The van der Waals surface area contributed by atoms with Crippen molar-refractivity contribution < 1.29 is 14.4 Å². The summed E-state index contributed by atoms with van der Waals surface area (Å²) in [7, 11) is 0. The summed E-state index contributed by atoms with van der Waals surface area (Å²) >= 11 is 0. The van der Waals surface area contributed by atoms with Gasteiger partial charge in [0, 0.05) is 42.5 Å². The van der Waals surface area contributed by atoms with Crippen molar-refractivity contribution in [2.24, 2.45) is 0 Å². The van der Waals surface area contributed by atoms with Crippen LogP contribution in [0, 0.1) is 0 Å². The van der Waals surface area contributed by atoms with E-state index in [1.807, 2.05) is 59.5 Å². The second-order valence-electron chi connectivity index (χ2n) is 10.3. The Bertz CT molecular complexity index is 1250. The van der Waals surface area contributed by atoms with Crippen LogP contribution < -0.4 is 16.0 Å². The standard InChI is InChI=1S/C16H18N2O2.C14H16N2O/c1-12(19)18-10-8-16(9-11-18)7-6-15(20)13-4-2-3-5-14(13)17-16;17-13-5-6-14(7-9-15-10-8-14)16-12-4-2-1-3-11(12)13/h2-7,17H,8-11H2,1H3;1-6,15-16H,7-10H2. The number of amides is 1. The molecule has 0 atom stereocenters. The van der Waals surface area contributed by atoms with E-state index in [1.165, 1.54) is 0 Å². The fraction of sp³-hybridized carbons (Fsp3) is 0.367. The zero-order chi connectivity index (χ0) is 25.9. The SMILES string of the molecule is CC(=O)N1CCC2(C=CC(=O)c3ccccc3N2)CC1.O=C1C=CC2(CCNCC2)Nc2ccccc21. The smallest absolute Gasteiger partial charge is 0.219 e. The second-order valence-corrected chi connectivity index (χ2v) is 10.3.